The van der Waals surface area contributed by atoms with Gasteiger partial charge in [-0.25, -0.2) is 4.99 Å². The topological polar surface area (TPSA) is 78.4 Å². The summed E-state index contributed by atoms with van der Waals surface area (Å²) in [4.78, 5) is 7.09. The standard InChI is InChI=1S/C24H42N4O3/c1-3-5-15-30-17-18-31-16-12-26-24(25-4-2)27-19-21-6-8-23(9-7-21)28-13-10-22(20-29)11-14-28/h6-9,22,29H,3-5,10-20H2,1-2H3,(H2,25,26,27). The molecule has 1 heterocycles. The number of anilines is 1. The van der Waals surface area contributed by atoms with Gasteiger partial charge in [0, 0.05) is 45.1 Å². The summed E-state index contributed by atoms with van der Waals surface area (Å²) in [5, 5.41) is 15.9. The molecule has 2 rings (SSSR count). The lowest BCUT2D eigenvalue weighted by molar-refractivity contribution is 0.0487. The van der Waals surface area contributed by atoms with Crippen LogP contribution in [0.1, 0.15) is 45.1 Å². The third-order valence-corrected chi connectivity index (χ3v) is 5.49. The lowest BCUT2D eigenvalue weighted by Crippen LogP contribution is -2.39. The van der Waals surface area contributed by atoms with Gasteiger partial charge in [-0.2, -0.15) is 0 Å². The Kier molecular flexibility index (Phi) is 13.0. The number of aliphatic hydroxyl groups excluding tert-OH is 1. The highest BCUT2D eigenvalue weighted by Gasteiger charge is 2.18. The molecule has 31 heavy (non-hydrogen) atoms. The maximum Gasteiger partial charge on any atom is 0.191 e. The van der Waals surface area contributed by atoms with Gasteiger partial charge in [-0.15, -0.1) is 0 Å². The number of nitrogens with one attached hydrogen (secondary N) is 2. The number of piperidine rings is 1. The molecule has 1 saturated heterocycles. The number of ether oxygens (including phenoxy) is 2. The number of rotatable bonds is 14. The molecule has 0 radical (unpaired) electrons. The predicted octanol–water partition coefficient (Wildman–Crippen LogP) is 2.78. The number of aliphatic hydroxyl groups is 1. The van der Waals surface area contributed by atoms with Crippen molar-refractivity contribution in [1.29, 1.82) is 0 Å². The number of benzene rings is 1. The number of hydrogen-bond acceptors (Lipinski definition) is 5. The van der Waals surface area contributed by atoms with Crippen molar-refractivity contribution in [2.45, 2.75) is 46.1 Å². The van der Waals surface area contributed by atoms with Gasteiger partial charge >= 0.3 is 0 Å². The summed E-state index contributed by atoms with van der Waals surface area (Å²) >= 11 is 0. The smallest absolute Gasteiger partial charge is 0.191 e. The average Bonchev–Trinajstić information content (AvgIpc) is 2.82. The molecule has 0 aromatic heterocycles. The van der Waals surface area contributed by atoms with Crippen molar-refractivity contribution in [1.82, 2.24) is 10.6 Å². The zero-order valence-electron chi connectivity index (χ0n) is 19.4. The van der Waals surface area contributed by atoms with Gasteiger partial charge in [-0.1, -0.05) is 25.5 Å². The minimum Gasteiger partial charge on any atom is -0.396 e. The molecule has 0 amide bonds. The van der Waals surface area contributed by atoms with Crippen LogP contribution in [0.3, 0.4) is 0 Å². The summed E-state index contributed by atoms with van der Waals surface area (Å²) in [6.45, 7) is 11.5. The van der Waals surface area contributed by atoms with Crippen LogP contribution in [0, 0.1) is 5.92 Å². The highest BCUT2D eigenvalue weighted by molar-refractivity contribution is 5.79. The van der Waals surface area contributed by atoms with Gasteiger partial charge in [-0.3, -0.25) is 0 Å². The number of aliphatic imine (C=N–C) groups is 1. The third kappa shape index (κ3) is 10.4. The van der Waals surface area contributed by atoms with E-state index in [-0.39, 0.29) is 0 Å². The highest BCUT2D eigenvalue weighted by atomic mass is 16.5. The molecule has 0 unspecified atom stereocenters. The summed E-state index contributed by atoms with van der Waals surface area (Å²) in [6.07, 6.45) is 4.40. The van der Waals surface area contributed by atoms with Gasteiger partial charge < -0.3 is 30.1 Å². The number of nitrogens with zero attached hydrogens (tertiary/aromatic N) is 2. The van der Waals surface area contributed by atoms with E-state index in [1.54, 1.807) is 0 Å². The van der Waals surface area contributed by atoms with Crippen LogP contribution < -0.4 is 15.5 Å². The van der Waals surface area contributed by atoms with Crippen molar-refractivity contribution in [3.63, 3.8) is 0 Å². The Morgan fingerprint density at radius 2 is 1.74 bits per heavy atom. The van der Waals surface area contributed by atoms with Gasteiger partial charge in [0.25, 0.3) is 0 Å². The fraction of sp³-hybridized carbons (Fsp3) is 0.708. The Labute approximate surface area is 188 Å². The second-order valence-corrected chi connectivity index (χ2v) is 7.98. The van der Waals surface area contributed by atoms with Crippen molar-refractivity contribution in [3.05, 3.63) is 29.8 Å². The van der Waals surface area contributed by atoms with Crippen LogP contribution >= 0.6 is 0 Å². The minimum atomic E-state index is 0.312. The fourth-order valence-corrected chi connectivity index (χ4v) is 3.51. The molecule has 1 aliphatic rings. The van der Waals surface area contributed by atoms with E-state index in [9.17, 15) is 5.11 Å². The fourth-order valence-electron chi connectivity index (χ4n) is 3.51. The Bertz CT molecular complexity index is 601. The van der Waals surface area contributed by atoms with Crippen LogP contribution in [0.15, 0.2) is 29.3 Å². The zero-order valence-corrected chi connectivity index (χ0v) is 19.4. The molecule has 1 aromatic carbocycles. The van der Waals surface area contributed by atoms with E-state index in [1.165, 1.54) is 11.3 Å². The number of guanidine groups is 1. The molecular formula is C24H42N4O3. The molecule has 0 atom stereocenters. The van der Waals surface area contributed by atoms with Crippen LogP contribution in [0.5, 0.6) is 0 Å². The lowest BCUT2D eigenvalue weighted by atomic mass is 9.97. The van der Waals surface area contributed by atoms with Gasteiger partial charge in [-0.05, 0) is 49.8 Å². The molecule has 0 bridgehead atoms. The first-order chi connectivity index (χ1) is 15.3. The van der Waals surface area contributed by atoms with Crippen LogP contribution in [-0.4, -0.2) is 70.3 Å². The third-order valence-electron chi connectivity index (χ3n) is 5.49. The highest BCUT2D eigenvalue weighted by Crippen LogP contribution is 2.23. The molecular weight excluding hydrogens is 392 g/mol. The van der Waals surface area contributed by atoms with Gasteiger partial charge in [0.2, 0.25) is 0 Å². The van der Waals surface area contributed by atoms with Crippen LogP contribution in [-0.2, 0) is 16.0 Å². The van der Waals surface area contributed by atoms with Gasteiger partial charge in [0.05, 0.1) is 26.4 Å². The SMILES string of the molecule is CCCCOCCOCCNC(=NCc1ccc(N2CCC(CO)CC2)cc1)NCC. The summed E-state index contributed by atoms with van der Waals surface area (Å²) in [6, 6.07) is 8.67. The maximum absolute atomic E-state index is 9.30. The summed E-state index contributed by atoms with van der Waals surface area (Å²) < 4.78 is 11.1. The molecule has 0 spiro atoms. The molecule has 0 saturated carbocycles. The van der Waals surface area contributed by atoms with Crippen LogP contribution in [0.2, 0.25) is 0 Å². The second-order valence-electron chi connectivity index (χ2n) is 7.98. The molecule has 1 fully saturated rings. The molecule has 7 nitrogen and oxygen atoms in total. The van der Waals surface area contributed by atoms with E-state index in [4.69, 9.17) is 9.47 Å². The van der Waals surface area contributed by atoms with Crippen LogP contribution in [0.4, 0.5) is 5.69 Å². The van der Waals surface area contributed by atoms with Crippen molar-refractivity contribution < 1.29 is 14.6 Å². The Morgan fingerprint density at radius 1 is 1.03 bits per heavy atom. The minimum absolute atomic E-state index is 0.312. The van der Waals surface area contributed by atoms with Gasteiger partial charge in [0.1, 0.15) is 0 Å². The van der Waals surface area contributed by atoms with Crippen molar-refractivity contribution in [3.8, 4) is 0 Å². The summed E-state index contributed by atoms with van der Waals surface area (Å²) in [5.74, 6) is 1.27. The van der Waals surface area contributed by atoms with Crippen molar-refractivity contribution >= 4 is 11.6 Å². The largest absolute Gasteiger partial charge is 0.396 e. The monoisotopic (exact) mass is 434 g/mol. The Morgan fingerprint density at radius 3 is 2.39 bits per heavy atom. The second kappa shape index (κ2) is 15.9. The Balaban J connectivity index is 1.68. The van der Waals surface area contributed by atoms with Crippen molar-refractivity contribution in [2.24, 2.45) is 10.9 Å². The molecule has 1 aliphatic heterocycles. The first-order valence-electron chi connectivity index (χ1n) is 11.9. The summed E-state index contributed by atoms with van der Waals surface area (Å²) in [5.41, 5.74) is 2.44. The van der Waals surface area contributed by atoms with E-state index < -0.39 is 0 Å². The van der Waals surface area contributed by atoms with Crippen LogP contribution in [0.25, 0.3) is 0 Å². The van der Waals surface area contributed by atoms with E-state index in [1.807, 2.05) is 0 Å². The zero-order chi connectivity index (χ0) is 22.2. The molecule has 176 valence electrons. The number of unbranched alkanes of at least 4 members (excludes halogenated alkanes) is 1. The Hall–Kier alpha value is -1.83. The lowest BCUT2D eigenvalue weighted by Gasteiger charge is -2.32. The average molecular weight is 435 g/mol. The van der Waals surface area contributed by atoms with E-state index in [0.717, 1.165) is 57.9 Å². The van der Waals surface area contributed by atoms with E-state index >= 15 is 0 Å². The normalized spacial score (nSPS) is 15.3. The van der Waals surface area contributed by atoms with Gasteiger partial charge in [0.15, 0.2) is 5.96 Å². The van der Waals surface area contributed by atoms with E-state index in [2.05, 4.69) is 58.6 Å². The molecule has 3 N–H and O–H groups in total. The molecule has 7 heteroatoms. The predicted molar refractivity (Wildman–Crippen MR) is 128 cm³/mol. The first kappa shape index (κ1) is 25.4. The first-order valence-corrected chi connectivity index (χ1v) is 11.9. The number of hydrogen-bond donors (Lipinski definition) is 3. The summed E-state index contributed by atoms with van der Waals surface area (Å²) in [7, 11) is 0. The molecule has 0 aliphatic carbocycles. The van der Waals surface area contributed by atoms with E-state index in [0.29, 0.717) is 45.4 Å². The van der Waals surface area contributed by atoms with Crippen molar-refractivity contribution in [2.75, 3.05) is 64.1 Å². The molecule has 1 aromatic rings. The quantitative estimate of drug-likeness (QED) is 0.237. The maximum atomic E-state index is 9.30.